The van der Waals surface area contributed by atoms with Crippen molar-refractivity contribution in [3.05, 3.63) is 46.0 Å². The van der Waals surface area contributed by atoms with Gasteiger partial charge in [-0.1, -0.05) is 0 Å². The van der Waals surface area contributed by atoms with Crippen LogP contribution in [0.3, 0.4) is 0 Å². The van der Waals surface area contributed by atoms with Gasteiger partial charge in [0.15, 0.2) is 0 Å². The lowest BCUT2D eigenvalue weighted by molar-refractivity contribution is 0.0798. The van der Waals surface area contributed by atoms with Crippen LogP contribution < -0.4 is 10.9 Å². The Morgan fingerprint density at radius 1 is 1.38 bits per heavy atom. The van der Waals surface area contributed by atoms with Crippen LogP contribution in [-0.4, -0.2) is 43.0 Å². The van der Waals surface area contributed by atoms with Crippen molar-refractivity contribution in [2.24, 2.45) is 0 Å². The summed E-state index contributed by atoms with van der Waals surface area (Å²) >= 11 is 0. The van der Waals surface area contributed by atoms with Gasteiger partial charge >= 0.3 is 0 Å². The molecule has 0 fully saturated rings. The van der Waals surface area contributed by atoms with Crippen LogP contribution in [0.1, 0.15) is 10.4 Å². The molecule has 0 atom stereocenters. The number of hydrogen-bond donors (Lipinski definition) is 2. The van der Waals surface area contributed by atoms with Crippen molar-refractivity contribution in [1.29, 1.82) is 0 Å². The zero-order chi connectivity index (χ0) is 14.7. The average molecular weight is 314 g/mol. The zero-order valence-corrected chi connectivity index (χ0v) is 12.6. The summed E-state index contributed by atoms with van der Waals surface area (Å²) in [5.41, 5.74) is 0.278. The lowest BCUT2D eigenvalue weighted by Crippen LogP contribution is -2.33. The summed E-state index contributed by atoms with van der Waals surface area (Å²) in [6.45, 7) is 1.14. The number of aromatic amines is 1. The highest BCUT2D eigenvalue weighted by Gasteiger charge is 2.16. The molecule has 0 unspecified atom stereocenters. The Balaban J connectivity index is 0.00000220. The van der Waals surface area contributed by atoms with E-state index in [1.54, 1.807) is 14.1 Å². The van der Waals surface area contributed by atoms with Gasteiger partial charge in [0.1, 0.15) is 5.82 Å². The summed E-state index contributed by atoms with van der Waals surface area (Å²) in [5, 5.41) is 3.35. The largest absolute Gasteiger partial charge is 0.340 e. The average Bonchev–Trinajstić information content (AvgIpc) is 2.43. The number of nitrogens with one attached hydrogen (secondary N) is 2. The number of carbonyl (C=O) groups is 1. The quantitative estimate of drug-likeness (QED) is 0.896. The number of rotatable bonds is 4. The summed E-state index contributed by atoms with van der Waals surface area (Å²) in [5.74, 6) is -0.751. The van der Waals surface area contributed by atoms with Crippen LogP contribution in [-0.2, 0) is 0 Å². The molecule has 1 aromatic heterocycles. The molecule has 0 aliphatic carbocycles. The van der Waals surface area contributed by atoms with Crippen LogP contribution >= 0.6 is 12.4 Å². The monoisotopic (exact) mass is 313 g/mol. The summed E-state index contributed by atoms with van der Waals surface area (Å²) in [6.07, 6.45) is 0. The Hall–Kier alpha value is -1.92. The second-order valence-corrected chi connectivity index (χ2v) is 4.57. The van der Waals surface area contributed by atoms with Gasteiger partial charge in [-0.3, -0.25) is 9.59 Å². The van der Waals surface area contributed by atoms with Gasteiger partial charge in [-0.2, -0.15) is 0 Å². The molecule has 1 amide bonds. The first-order valence-electron chi connectivity index (χ1n) is 6.25. The van der Waals surface area contributed by atoms with E-state index >= 15 is 0 Å². The smallest absolute Gasteiger partial charge is 0.254 e. The molecule has 1 heterocycles. The Labute approximate surface area is 127 Å². The van der Waals surface area contributed by atoms with Gasteiger partial charge in [-0.15, -0.1) is 12.4 Å². The first-order chi connectivity index (χ1) is 9.52. The van der Waals surface area contributed by atoms with Gasteiger partial charge in [0.05, 0.1) is 5.56 Å². The summed E-state index contributed by atoms with van der Waals surface area (Å²) in [7, 11) is 3.43. The zero-order valence-electron chi connectivity index (χ0n) is 11.8. The van der Waals surface area contributed by atoms with Crippen molar-refractivity contribution >= 4 is 29.2 Å². The lowest BCUT2D eigenvalue weighted by atomic mass is 10.1. The molecule has 0 bridgehead atoms. The van der Waals surface area contributed by atoms with Crippen molar-refractivity contribution in [3.8, 4) is 0 Å². The maximum atomic E-state index is 13.4. The molecular formula is C14H17ClFN3O2. The van der Waals surface area contributed by atoms with Crippen molar-refractivity contribution in [1.82, 2.24) is 15.2 Å². The normalized spacial score (nSPS) is 10.2. The van der Waals surface area contributed by atoms with Gasteiger partial charge in [0.25, 0.3) is 5.91 Å². The molecule has 0 saturated heterocycles. The van der Waals surface area contributed by atoms with Crippen molar-refractivity contribution < 1.29 is 9.18 Å². The third-order valence-electron chi connectivity index (χ3n) is 3.08. The highest BCUT2D eigenvalue weighted by atomic mass is 35.5. The standard InChI is InChI=1S/C14H16FN3O2.ClH/c1-16-5-6-18(2)14(20)11-8-13(19)17-12-4-3-9(15)7-10(11)12;/h3-4,7-8,16H,5-6H2,1-2H3,(H,17,19);1H. The number of hydrogen-bond acceptors (Lipinski definition) is 3. The highest BCUT2D eigenvalue weighted by Crippen LogP contribution is 2.17. The number of amides is 1. The number of nitrogens with zero attached hydrogens (tertiary/aromatic N) is 1. The highest BCUT2D eigenvalue weighted by molar-refractivity contribution is 6.05. The molecule has 0 aliphatic heterocycles. The van der Waals surface area contributed by atoms with E-state index in [0.717, 1.165) is 0 Å². The fourth-order valence-corrected chi connectivity index (χ4v) is 1.99. The van der Waals surface area contributed by atoms with E-state index in [4.69, 9.17) is 0 Å². The third kappa shape index (κ3) is 3.80. The Morgan fingerprint density at radius 2 is 2.10 bits per heavy atom. The minimum absolute atomic E-state index is 0. The first-order valence-corrected chi connectivity index (χ1v) is 6.25. The van der Waals surface area contributed by atoms with Gasteiger partial charge in [0, 0.05) is 37.1 Å². The second kappa shape index (κ2) is 7.19. The van der Waals surface area contributed by atoms with E-state index in [0.29, 0.717) is 24.0 Å². The topological polar surface area (TPSA) is 65.2 Å². The van der Waals surface area contributed by atoms with Gasteiger partial charge in [0.2, 0.25) is 5.56 Å². The fraction of sp³-hybridized carbons (Fsp3) is 0.286. The molecule has 0 aliphatic rings. The van der Waals surface area contributed by atoms with Crippen LogP contribution in [0.2, 0.25) is 0 Å². The van der Waals surface area contributed by atoms with Crippen LogP contribution in [0.25, 0.3) is 10.9 Å². The number of pyridine rings is 1. The van der Waals surface area contributed by atoms with Crippen molar-refractivity contribution in [2.75, 3.05) is 27.2 Å². The predicted octanol–water partition coefficient (Wildman–Crippen LogP) is 1.38. The minimum Gasteiger partial charge on any atom is -0.340 e. The number of H-pyrrole nitrogens is 1. The molecule has 0 spiro atoms. The SMILES string of the molecule is CNCCN(C)C(=O)c1cc(=O)[nH]c2ccc(F)cc12.Cl. The van der Waals surface area contributed by atoms with Gasteiger partial charge in [-0.05, 0) is 25.2 Å². The van der Waals surface area contributed by atoms with E-state index < -0.39 is 5.82 Å². The summed E-state index contributed by atoms with van der Waals surface area (Å²) in [6, 6.07) is 5.16. The maximum Gasteiger partial charge on any atom is 0.254 e. The fourth-order valence-electron chi connectivity index (χ4n) is 1.99. The molecule has 2 N–H and O–H groups in total. The molecule has 1 aromatic carbocycles. The predicted molar refractivity (Wildman–Crippen MR) is 82.7 cm³/mol. The Kier molecular flexibility index (Phi) is 5.87. The Morgan fingerprint density at radius 3 is 2.76 bits per heavy atom. The maximum absolute atomic E-state index is 13.4. The molecule has 2 aromatic rings. The number of carbonyl (C=O) groups excluding carboxylic acids is 1. The molecule has 0 saturated carbocycles. The molecule has 2 rings (SSSR count). The summed E-state index contributed by atoms with van der Waals surface area (Å²) in [4.78, 5) is 28.0. The molecule has 0 radical (unpaired) electrons. The number of likely N-dealkylation sites (N-methyl/N-ethyl adjacent to an activating group) is 2. The molecule has 114 valence electrons. The third-order valence-corrected chi connectivity index (χ3v) is 3.08. The second-order valence-electron chi connectivity index (χ2n) is 4.57. The number of halogens is 2. The minimum atomic E-state index is -0.448. The van der Waals surface area contributed by atoms with E-state index in [-0.39, 0.29) is 29.4 Å². The first kappa shape index (κ1) is 17.1. The van der Waals surface area contributed by atoms with Crippen LogP contribution in [0.4, 0.5) is 4.39 Å². The molecule has 21 heavy (non-hydrogen) atoms. The van der Waals surface area contributed by atoms with Crippen molar-refractivity contribution in [3.63, 3.8) is 0 Å². The number of aromatic nitrogens is 1. The summed E-state index contributed by atoms with van der Waals surface area (Å²) < 4.78 is 13.4. The van der Waals surface area contributed by atoms with Crippen LogP contribution in [0.5, 0.6) is 0 Å². The Bertz CT molecular complexity index is 702. The molecule has 5 nitrogen and oxygen atoms in total. The number of benzene rings is 1. The lowest BCUT2D eigenvalue weighted by Gasteiger charge is -2.17. The van der Waals surface area contributed by atoms with E-state index in [2.05, 4.69) is 10.3 Å². The molecular weight excluding hydrogens is 297 g/mol. The van der Waals surface area contributed by atoms with Gasteiger partial charge in [-0.25, -0.2) is 4.39 Å². The van der Waals surface area contributed by atoms with Crippen LogP contribution in [0.15, 0.2) is 29.1 Å². The molecule has 7 heteroatoms. The van der Waals surface area contributed by atoms with Gasteiger partial charge < -0.3 is 15.2 Å². The van der Waals surface area contributed by atoms with E-state index in [1.165, 1.54) is 29.2 Å². The van der Waals surface area contributed by atoms with Crippen LogP contribution in [0, 0.1) is 5.82 Å². The van der Waals surface area contributed by atoms with Crippen molar-refractivity contribution in [2.45, 2.75) is 0 Å². The van der Waals surface area contributed by atoms with E-state index in [1.807, 2.05) is 0 Å². The number of fused-ring (bicyclic) bond motifs is 1. The van der Waals surface area contributed by atoms with E-state index in [9.17, 15) is 14.0 Å².